The van der Waals surface area contributed by atoms with Gasteiger partial charge in [-0.05, 0) is 18.6 Å². The number of carbonyl (C=O) groups excluding carboxylic acids is 1. The molecule has 2 aliphatic rings. The minimum atomic E-state index is -3.57. The van der Waals surface area contributed by atoms with Gasteiger partial charge < -0.3 is 14.8 Å². The first-order valence-electron chi connectivity index (χ1n) is 6.86. The van der Waals surface area contributed by atoms with Crippen molar-refractivity contribution in [3.8, 4) is 11.5 Å². The van der Waals surface area contributed by atoms with E-state index in [-0.39, 0.29) is 5.92 Å². The van der Waals surface area contributed by atoms with E-state index in [0.29, 0.717) is 30.2 Å². The van der Waals surface area contributed by atoms with Crippen molar-refractivity contribution < 1.29 is 22.7 Å². The van der Waals surface area contributed by atoms with E-state index >= 15 is 0 Å². The SMILES string of the molecule is COc1ccc(NC(=O)[C@]23C[C@@H]2CN(C)S3(=O)=O)cc1OC. The van der Waals surface area contributed by atoms with E-state index in [9.17, 15) is 13.2 Å². The summed E-state index contributed by atoms with van der Waals surface area (Å²) in [4.78, 5) is 12.5. The maximum atomic E-state index is 12.5. The molecule has 120 valence electrons. The van der Waals surface area contributed by atoms with Crippen LogP contribution in [-0.4, -0.2) is 51.2 Å². The van der Waals surface area contributed by atoms with Crippen LogP contribution in [0.3, 0.4) is 0 Å². The quantitative estimate of drug-likeness (QED) is 0.879. The Morgan fingerprint density at radius 2 is 2.00 bits per heavy atom. The van der Waals surface area contributed by atoms with Gasteiger partial charge in [-0.3, -0.25) is 4.79 Å². The lowest BCUT2D eigenvalue weighted by Gasteiger charge is -2.17. The number of nitrogens with one attached hydrogen (secondary N) is 1. The van der Waals surface area contributed by atoms with E-state index in [2.05, 4.69) is 5.32 Å². The van der Waals surface area contributed by atoms with Crippen LogP contribution < -0.4 is 14.8 Å². The topological polar surface area (TPSA) is 84.9 Å². The molecule has 1 amide bonds. The van der Waals surface area contributed by atoms with Gasteiger partial charge in [-0.2, -0.15) is 0 Å². The molecule has 1 saturated heterocycles. The van der Waals surface area contributed by atoms with Crippen molar-refractivity contribution in [2.75, 3.05) is 33.1 Å². The molecule has 1 N–H and O–H groups in total. The molecule has 7 nitrogen and oxygen atoms in total. The summed E-state index contributed by atoms with van der Waals surface area (Å²) in [5, 5.41) is 2.69. The first-order valence-corrected chi connectivity index (χ1v) is 8.30. The molecule has 1 aromatic carbocycles. The lowest BCUT2D eigenvalue weighted by molar-refractivity contribution is -0.116. The van der Waals surface area contributed by atoms with Crippen molar-refractivity contribution in [2.24, 2.45) is 5.92 Å². The Morgan fingerprint density at radius 3 is 2.55 bits per heavy atom. The van der Waals surface area contributed by atoms with Gasteiger partial charge in [0.15, 0.2) is 16.2 Å². The molecule has 0 aromatic heterocycles. The summed E-state index contributed by atoms with van der Waals surface area (Å²) in [5.41, 5.74) is 0.479. The van der Waals surface area contributed by atoms with Crippen molar-refractivity contribution in [1.29, 1.82) is 0 Å². The van der Waals surface area contributed by atoms with Crippen LogP contribution in [-0.2, 0) is 14.8 Å². The Morgan fingerprint density at radius 1 is 1.32 bits per heavy atom. The lowest BCUT2D eigenvalue weighted by Crippen LogP contribution is -2.40. The zero-order chi connectivity index (χ0) is 16.1. The summed E-state index contributed by atoms with van der Waals surface area (Å²) in [6, 6.07) is 4.92. The smallest absolute Gasteiger partial charge is 0.247 e. The monoisotopic (exact) mass is 326 g/mol. The number of benzene rings is 1. The molecular formula is C14H18N2O5S. The van der Waals surface area contributed by atoms with E-state index in [4.69, 9.17) is 9.47 Å². The van der Waals surface area contributed by atoms with Crippen LogP contribution in [0.2, 0.25) is 0 Å². The molecule has 0 radical (unpaired) electrons. The van der Waals surface area contributed by atoms with Crippen LogP contribution in [0.5, 0.6) is 11.5 Å². The van der Waals surface area contributed by atoms with Crippen molar-refractivity contribution in [2.45, 2.75) is 11.2 Å². The highest BCUT2D eigenvalue weighted by molar-refractivity contribution is 7.92. The highest BCUT2D eigenvalue weighted by Crippen LogP contribution is 2.57. The number of anilines is 1. The molecule has 1 aliphatic carbocycles. The summed E-state index contributed by atoms with van der Waals surface area (Å²) in [5.74, 6) is 0.407. The predicted octanol–water partition coefficient (Wildman–Crippen LogP) is 0.676. The first-order chi connectivity index (χ1) is 10.4. The standard InChI is InChI=1S/C14H18N2O5S/c1-16-8-9-7-14(9,22(16,18)19)13(17)15-10-4-5-11(20-2)12(6-10)21-3/h4-6,9H,7-8H2,1-3H3,(H,15,17)/t9-,14+/m1/s1. The third-order valence-corrected chi connectivity index (χ3v) is 7.00. The van der Waals surface area contributed by atoms with Crippen LogP contribution in [0.25, 0.3) is 0 Å². The highest BCUT2D eigenvalue weighted by Gasteiger charge is 2.74. The van der Waals surface area contributed by atoms with Gasteiger partial charge in [-0.1, -0.05) is 0 Å². The number of methoxy groups -OCH3 is 2. The van der Waals surface area contributed by atoms with Gasteiger partial charge in [0.2, 0.25) is 15.9 Å². The first kappa shape index (κ1) is 15.1. The zero-order valence-corrected chi connectivity index (χ0v) is 13.4. The minimum Gasteiger partial charge on any atom is -0.493 e. The van der Waals surface area contributed by atoms with E-state index in [1.165, 1.54) is 25.6 Å². The molecule has 1 saturated carbocycles. The van der Waals surface area contributed by atoms with Crippen LogP contribution >= 0.6 is 0 Å². The molecule has 1 heterocycles. The fraction of sp³-hybridized carbons (Fsp3) is 0.500. The number of amides is 1. The van der Waals surface area contributed by atoms with Gasteiger partial charge >= 0.3 is 0 Å². The second-order valence-corrected chi connectivity index (χ2v) is 7.90. The van der Waals surface area contributed by atoms with Crippen LogP contribution in [0.4, 0.5) is 5.69 Å². The Kier molecular flexibility index (Phi) is 3.33. The highest BCUT2D eigenvalue weighted by atomic mass is 32.2. The third-order valence-electron chi connectivity index (χ3n) is 4.42. The second-order valence-electron chi connectivity index (χ2n) is 5.60. The number of ether oxygens (including phenoxy) is 2. The van der Waals surface area contributed by atoms with Crippen molar-refractivity contribution in [3.63, 3.8) is 0 Å². The maximum Gasteiger partial charge on any atom is 0.247 e. The van der Waals surface area contributed by atoms with Gasteiger partial charge in [0.25, 0.3) is 0 Å². The summed E-state index contributed by atoms with van der Waals surface area (Å²) in [7, 11) is 0.947. The van der Waals surface area contributed by atoms with Crippen molar-refractivity contribution in [1.82, 2.24) is 4.31 Å². The summed E-state index contributed by atoms with van der Waals surface area (Å²) < 4.78 is 34.9. The van der Waals surface area contributed by atoms with E-state index in [1.807, 2.05) is 0 Å². The molecule has 0 bridgehead atoms. The fourth-order valence-corrected chi connectivity index (χ4v) is 5.19. The number of fused-ring (bicyclic) bond motifs is 1. The number of sulfonamides is 1. The largest absolute Gasteiger partial charge is 0.493 e. The number of hydrogen-bond acceptors (Lipinski definition) is 5. The average Bonchev–Trinajstić information content (AvgIpc) is 3.18. The Labute approximate surface area is 129 Å². The number of hydrogen-bond donors (Lipinski definition) is 1. The summed E-state index contributed by atoms with van der Waals surface area (Å²) >= 11 is 0. The van der Waals surface area contributed by atoms with Crippen LogP contribution in [0, 0.1) is 5.92 Å². The fourth-order valence-electron chi connectivity index (χ4n) is 3.07. The molecule has 2 fully saturated rings. The second kappa shape index (κ2) is 4.85. The van der Waals surface area contributed by atoms with Crippen LogP contribution in [0.15, 0.2) is 18.2 Å². The Bertz CT molecular complexity index is 733. The Hall–Kier alpha value is -1.80. The van der Waals surface area contributed by atoms with E-state index < -0.39 is 20.7 Å². The molecular weight excluding hydrogens is 308 g/mol. The van der Waals surface area contributed by atoms with Crippen molar-refractivity contribution >= 4 is 21.6 Å². The molecule has 1 aromatic rings. The molecule has 0 unspecified atom stereocenters. The maximum absolute atomic E-state index is 12.5. The predicted molar refractivity (Wildman–Crippen MR) is 80.6 cm³/mol. The third kappa shape index (κ3) is 1.90. The number of carbonyl (C=O) groups is 1. The Balaban J connectivity index is 1.85. The summed E-state index contributed by atoms with van der Waals surface area (Å²) in [6.45, 7) is 0.404. The summed E-state index contributed by atoms with van der Waals surface area (Å²) in [6.07, 6.45) is 0.388. The molecule has 1 aliphatic heterocycles. The molecule has 22 heavy (non-hydrogen) atoms. The minimum absolute atomic E-state index is 0.123. The van der Waals surface area contributed by atoms with Gasteiger partial charge in [0.1, 0.15) is 0 Å². The van der Waals surface area contributed by atoms with Gasteiger partial charge in [-0.15, -0.1) is 0 Å². The van der Waals surface area contributed by atoms with Gasteiger partial charge in [-0.25, -0.2) is 12.7 Å². The number of nitrogens with zero attached hydrogens (tertiary/aromatic N) is 1. The van der Waals surface area contributed by atoms with Crippen molar-refractivity contribution in [3.05, 3.63) is 18.2 Å². The van der Waals surface area contributed by atoms with E-state index in [1.54, 1.807) is 18.2 Å². The average molecular weight is 326 g/mol. The lowest BCUT2D eigenvalue weighted by atomic mass is 10.2. The van der Waals surface area contributed by atoms with E-state index in [0.717, 1.165) is 0 Å². The zero-order valence-electron chi connectivity index (χ0n) is 12.6. The molecule has 2 atom stereocenters. The van der Waals surface area contributed by atoms with Gasteiger partial charge in [0, 0.05) is 31.3 Å². The molecule has 0 spiro atoms. The van der Waals surface area contributed by atoms with Gasteiger partial charge in [0.05, 0.1) is 14.2 Å². The number of rotatable bonds is 4. The normalized spacial score (nSPS) is 28.8. The van der Waals surface area contributed by atoms with Crippen LogP contribution in [0.1, 0.15) is 6.42 Å². The molecule has 8 heteroatoms. The molecule has 3 rings (SSSR count).